The molecular formula is C13H13F15O. The predicted octanol–water partition coefficient (Wildman–Crippen LogP) is 7.12. The van der Waals surface area contributed by atoms with Gasteiger partial charge < -0.3 is 0 Å². The monoisotopic (exact) mass is 470 g/mol. The summed E-state index contributed by atoms with van der Waals surface area (Å²) in [4.78, 5) is 0. The van der Waals surface area contributed by atoms with Gasteiger partial charge in [-0.05, 0) is 11.8 Å². The molecule has 0 aromatic rings. The molecule has 0 aliphatic rings. The summed E-state index contributed by atoms with van der Waals surface area (Å²) >= 11 is 0. The van der Waals surface area contributed by atoms with Crippen LogP contribution in [0.5, 0.6) is 0 Å². The average molecular weight is 470 g/mol. The minimum absolute atomic E-state index is 1.00. The Hall–Kier alpha value is -1.09. The lowest BCUT2D eigenvalue weighted by molar-refractivity contribution is -0.520. The zero-order chi connectivity index (χ0) is 24.1. The summed E-state index contributed by atoms with van der Waals surface area (Å²) in [6.45, 7) is 3.42. The highest BCUT2D eigenvalue weighted by molar-refractivity contribution is 5.02. The van der Waals surface area contributed by atoms with Crippen LogP contribution in [-0.4, -0.2) is 42.1 Å². The van der Waals surface area contributed by atoms with Crippen LogP contribution in [0.2, 0.25) is 0 Å². The van der Waals surface area contributed by atoms with Crippen LogP contribution in [0.3, 0.4) is 0 Å². The maximum atomic E-state index is 13.5. The van der Waals surface area contributed by atoms with Gasteiger partial charge >= 0.3 is 42.1 Å². The number of alkyl halides is 15. The smallest absolute Gasteiger partial charge is 0.262 e. The van der Waals surface area contributed by atoms with Crippen LogP contribution >= 0.6 is 0 Å². The first-order valence-corrected chi connectivity index (χ1v) is 7.20. The fourth-order valence-electron chi connectivity index (χ4n) is 1.62. The zero-order valence-corrected chi connectivity index (χ0v) is 14.5. The number of hydrogen-bond acceptors (Lipinski definition) is 1. The summed E-state index contributed by atoms with van der Waals surface area (Å²) in [5.74, 6) is -28.5. The molecule has 0 aliphatic heterocycles. The van der Waals surface area contributed by atoms with Gasteiger partial charge in [0.1, 0.15) is 0 Å². The molecule has 0 N–H and O–H groups in total. The van der Waals surface area contributed by atoms with E-state index in [0.717, 1.165) is 20.8 Å². The Balaban J connectivity index is 6.19. The molecule has 16 heteroatoms. The molecule has 0 radical (unpaired) electrons. The third-order valence-corrected chi connectivity index (χ3v) is 3.41. The SMILES string of the molecule is CC(C)(C)CCC(F)(F)C(F)(F)C(F)(F)C(F)(F)OC(F)(C(F)(F)F)C(F)(F)F. The highest BCUT2D eigenvalue weighted by Gasteiger charge is 2.86. The van der Waals surface area contributed by atoms with Crippen molar-refractivity contribution in [3.8, 4) is 0 Å². The first kappa shape index (κ1) is 27.9. The predicted molar refractivity (Wildman–Crippen MR) is 65.5 cm³/mol. The first-order valence-electron chi connectivity index (χ1n) is 7.20. The lowest BCUT2D eigenvalue weighted by Crippen LogP contribution is -2.67. The van der Waals surface area contributed by atoms with E-state index in [0.29, 0.717) is 0 Å². The van der Waals surface area contributed by atoms with E-state index in [1.807, 2.05) is 0 Å². The van der Waals surface area contributed by atoms with Gasteiger partial charge in [-0.2, -0.15) is 65.9 Å². The standard InChI is InChI=1S/C13H13F15O/c1-6(2,3)4-5-7(14,15)8(16,17)9(18,19)13(27,28)29-10(20,11(21,22)23)12(24,25)26/h4-5H2,1-3H3. The number of ether oxygens (including phenoxy) is 1. The van der Waals surface area contributed by atoms with E-state index in [2.05, 4.69) is 0 Å². The molecule has 0 saturated heterocycles. The van der Waals surface area contributed by atoms with Crippen molar-refractivity contribution in [3.05, 3.63) is 0 Å². The summed E-state index contributed by atoms with van der Waals surface area (Å²) in [6, 6.07) is 0. The Kier molecular flexibility index (Phi) is 6.98. The number of halogens is 15. The zero-order valence-electron chi connectivity index (χ0n) is 14.5. The third-order valence-electron chi connectivity index (χ3n) is 3.41. The van der Waals surface area contributed by atoms with Gasteiger partial charge in [-0.15, -0.1) is 0 Å². The van der Waals surface area contributed by atoms with E-state index >= 15 is 0 Å². The number of hydrogen-bond donors (Lipinski definition) is 0. The molecule has 176 valence electrons. The molecule has 0 rings (SSSR count). The lowest BCUT2D eigenvalue weighted by atomic mass is 9.86. The van der Waals surface area contributed by atoms with Gasteiger partial charge in [0.2, 0.25) is 0 Å². The van der Waals surface area contributed by atoms with E-state index in [9.17, 15) is 65.9 Å². The minimum atomic E-state index is -7.69. The highest BCUT2D eigenvalue weighted by atomic mass is 19.4. The molecule has 0 amide bonds. The second-order valence-electron chi connectivity index (χ2n) is 7.12. The van der Waals surface area contributed by atoms with Crippen molar-refractivity contribution in [1.29, 1.82) is 0 Å². The minimum Gasteiger partial charge on any atom is -0.262 e. The van der Waals surface area contributed by atoms with E-state index < -0.39 is 60.3 Å². The van der Waals surface area contributed by atoms with Crippen molar-refractivity contribution in [1.82, 2.24) is 0 Å². The van der Waals surface area contributed by atoms with Crippen LogP contribution in [0, 0.1) is 5.41 Å². The van der Waals surface area contributed by atoms with Crippen molar-refractivity contribution >= 4 is 0 Å². The third kappa shape index (κ3) is 5.16. The van der Waals surface area contributed by atoms with Crippen LogP contribution in [0.1, 0.15) is 33.6 Å². The first-order chi connectivity index (χ1) is 12.2. The highest BCUT2D eigenvalue weighted by Crippen LogP contribution is 2.58. The fourth-order valence-corrected chi connectivity index (χ4v) is 1.62. The van der Waals surface area contributed by atoms with Crippen LogP contribution < -0.4 is 0 Å². The summed E-state index contributed by atoms with van der Waals surface area (Å²) < 4.78 is 195. The summed E-state index contributed by atoms with van der Waals surface area (Å²) in [7, 11) is 0. The molecule has 0 unspecified atom stereocenters. The molecule has 0 aromatic heterocycles. The molecule has 0 spiro atoms. The fraction of sp³-hybridized carbons (Fsp3) is 1.00. The Morgan fingerprint density at radius 3 is 1.14 bits per heavy atom. The number of rotatable bonds is 7. The molecule has 0 aromatic carbocycles. The molecule has 1 nitrogen and oxygen atoms in total. The van der Waals surface area contributed by atoms with Crippen LogP contribution in [0.4, 0.5) is 65.9 Å². The second-order valence-corrected chi connectivity index (χ2v) is 7.12. The maximum absolute atomic E-state index is 13.5. The molecule has 0 heterocycles. The topological polar surface area (TPSA) is 9.23 Å². The van der Waals surface area contributed by atoms with Crippen molar-refractivity contribution < 1.29 is 70.6 Å². The van der Waals surface area contributed by atoms with Gasteiger partial charge in [0.05, 0.1) is 0 Å². The summed E-state index contributed by atoms with van der Waals surface area (Å²) in [6.07, 6.45) is -25.9. The lowest BCUT2D eigenvalue weighted by Gasteiger charge is -2.39. The van der Waals surface area contributed by atoms with Gasteiger partial charge in [-0.1, -0.05) is 20.8 Å². The molecule has 0 aliphatic carbocycles. The quantitative estimate of drug-likeness (QED) is 0.360. The van der Waals surface area contributed by atoms with Crippen molar-refractivity contribution in [2.45, 2.75) is 75.7 Å². The molecule has 0 atom stereocenters. The summed E-state index contributed by atoms with van der Waals surface area (Å²) in [5, 5.41) is 0. The van der Waals surface area contributed by atoms with Crippen molar-refractivity contribution in [2.24, 2.45) is 5.41 Å². The summed E-state index contributed by atoms with van der Waals surface area (Å²) in [5.41, 5.74) is -1.24. The molecule has 29 heavy (non-hydrogen) atoms. The molecule has 0 fully saturated rings. The van der Waals surface area contributed by atoms with E-state index in [1.54, 1.807) is 0 Å². The average Bonchev–Trinajstić information content (AvgIpc) is 2.41. The van der Waals surface area contributed by atoms with Gasteiger partial charge in [0.25, 0.3) is 0 Å². The van der Waals surface area contributed by atoms with E-state index in [1.165, 1.54) is 4.74 Å². The van der Waals surface area contributed by atoms with Gasteiger partial charge in [0.15, 0.2) is 0 Å². The Morgan fingerprint density at radius 2 is 0.862 bits per heavy atom. The Morgan fingerprint density at radius 1 is 0.517 bits per heavy atom. The van der Waals surface area contributed by atoms with Crippen LogP contribution in [0.25, 0.3) is 0 Å². The van der Waals surface area contributed by atoms with E-state index in [4.69, 9.17) is 0 Å². The van der Waals surface area contributed by atoms with Gasteiger partial charge in [-0.3, -0.25) is 4.74 Å². The molecular weight excluding hydrogens is 457 g/mol. The van der Waals surface area contributed by atoms with Gasteiger partial charge in [0, 0.05) is 6.42 Å². The van der Waals surface area contributed by atoms with E-state index in [-0.39, 0.29) is 0 Å². The Labute approximate surface area is 153 Å². The normalized spacial score (nSPS) is 16.3. The Bertz CT molecular complexity index is 552. The molecule has 0 saturated carbocycles. The molecule has 0 bridgehead atoms. The van der Waals surface area contributed by atoms with Gasteiger partial charge in [-0.25, -0.2) is 0 Å². The van der Waals surface area contributed by atoms with Crippen LogP contribution in [0.15, 0.2) is 0 Å². The van der Waals surface area contributed by atoms with Crippen molar-refractivity contribution in [2.75, 3.05) is 0 Å². The largest absolute Gasteiger partial charge is 0.458 e. The maximum Gasteiger partial charge on any atom is 0.458 e. The van der Waals surface area contributed by atoms with Crippen LogP contribution in [-0.2, 0) is 4.74 Å². The second kappa shape index (κ2) is 7.25. The van der Waals surface area contributed by atoms with Crippen molar-refractivity contribution in [3.63, 3.8) is 0 Å².